The second kappa shape index (κ2) is 5.13. The average Bonchev–Trinajstić information content (AvgIpc) is 2.31. The van der Waals surface area contributed by atoms with Gasteiger partial charge in [-0.25, -0.2) is 0 Å². The van der Waals surface area contributed by atoms with Crippen molar-refractivity contribution >= 4 is 0 Å². The molecule has 1 unspecified atom stereocenters. The number of rotatable bonds is 3. The van der Waals surface area contributed by atoms with Crippen LogP contribution in [0.1, 0.15) is 37.8 Å². The van der Waals surface area contributed by atoms with E-state index < -0.39 is 0 Å². The summed E-state index contributed by atoms with van der Waals surface area (Å²) in [4.78, 5) is 0. The van der Waals surface area contributed by atoms with Crippen LogP contribution in [0.3, 0.4) is 0 Å². The normalized spacial score (nSPS) is 22.6. The highest BCUT2D eigenvalue weighted by Crippen LogP contribution is 2.16. The van der Waals surface area contributed by atoms with E-state index >= 15 is 0 Å². The Morgan fingerprint density at radius 3 is 2.73 bits per heavy atom. The fraction of sp³-hybridized carbons (Fsp3) is 0.429. The van der Waals surface area contributed by atoms with Crippen molar-refractivity contribution in [2.24, 2.45) is 0 Å². The second-order valence-electron chi connectivity index (χ2n) is 4.26. The molecule has 0 fully saturated rings. The molecule has 0 heterocycles. The highest BCUT2D eigenvalue weighted by Gasteiger charge is 2.12. The molecule has 1 N–H and O–H groups in total. The lowest BCUT2D eigenvalue weighted by Gasteiger charge is -2.23. The van der Waals surface area contributed by atoms with Crippen LogP contribution in [0.5, 0.6) is 0 Å². The van der Waals surface area contributed by atoms with Crippen molar-refractivity contribution in [3.8, 4) is 0 Å². The largest absolute Gasteiger partial charge is 0.304 e. The van der Waals surface area contributed by atoms with Gasteiger partial charge in [-0.2, -0.15) is 0 Å². The summed E-state index contributed by atoms with van der Waals surface area (Å²) in [6.45, 7) is 2.23. The highest BCUT2D eigenvalue weighted by atomic mass is 14.9. The first-order chi connectivity index (χ1) is 7.36. The van der Waals surface area contributed by atoms with Crippen molar-refractivity contribution in [1.29, 1.82) is 0 Å². The lowest BCUT2D eigenvalue weighted by molar-refractivity contribution is 0.467. The molecule has 1 aromatic rings. The Morgan fingerprint density at radius 2 is 2.07 bits per heavy atom. The van der Waals surface area contributed by atoms with Gasteiger partial charge < -0.3 is 5.32 Å². The Balaban J connectivity index is 1.94. The summed E-state index contributed by atoms with van der Waals surface area (Å²) in [6, 6.07) is 11.6. The Hall–Kier alpha value is -1.08. The van der Waals surface area contributed by atoms with Crippen molar-refractivity contribution < 1.29 is 0 Å². The van der Waals surface area contributed by atoms with E-state index in [-0.39, 0.29) is 0 Å². The van der Waals surface area contributed by atoms with Crippen molar-refractivity contribution in [2.75, 3.05) is 0 Å². The molecule has 15 heavy (non-hydrogen) atoms. The van der Waals surface area contributed by atoms with E-state index in [2.05, 4.69) is 54.7 Å². The van der Waals surface area contributed by atoms with Gasteiger partial charge in [0.2, 0.25) is 0 Å². The number of nitrogens with one attached hydrogen (secondary N) is 1. The molecular weight excluding hydrogens is 182 g/mol. The molecule has 2 rings (SSSR count). The average molecular weight is 201 g/mol. The van der Waals surface area contributed by atoms with E-state index in [9.17, 15) is 0 Å². The fourth-order valence-corrected chi connectivity index (χ4v) is 2.11. The van der Waals surface area contributed by atoms with E-state index in [4.69, 9.17) is 0 Å². The summed E-state index contributed by atoms with van der Waals surface area (Å²) >= 11 is 0. The van der Waals surface area contributed by atoms with Gasteiger partial charge in [-0.05, 0) is 31.7 Å². The number of benzene rings is 1. The molecule has 1 aromatic carbocycles. The summed E-state index contributed by atoms with van der Waals surface area (Å²) in [6.07, 6.45) is 8.43. The standard InChI is InChI=1S/C14H19N/c1-12(13-8-4-2-5-9-13)15-14-10-6-3-7-11-14/h2,4-6,8-10,12,14-15H,3,7,11H2,1H3/t12-,14?/m0/s1. The second-order valence-corrected chi connectivity index (χ2v) is 4.26. The lowest BCUT2D eigenvalue weighted by Crippen LogP contribution is -2.30. The highest BCUT2D eigenvalue weighted by molar-refractivity contribution is 5.18. The van der Waals surface area contributed by atoms with Crippen molar-refractivity contribution in [2.45, 2.75) is 38.3 Å². The molecule has 2 atom stereocenters. The molecule has 1 aliphatic carbocycles. The number of hydrogen-bond acceptors (Lipinski definition) is 1. The Morgan fingerprint density at radius 1 is 1.27 bits per heavy atom. The Bertz CT molecular complexity index is 315. The van der Waals surface area contributed by atoms with E-state index in [1.54, 1.807) is 0 Å². The molecule has 1 nitrogen and oxygen atoms in total. The van der Waals surface area contributed by atoms with Crippen molar-refractivity contribution in [3.05, 3.63) is 48.0 Å². The zero-order chi connectivity index (χ0) is 10.5. The third kappa shape index (κ3) is 2.93. The minimum absolute atomic E-state index is 0.443. The van der Waals surface area contributed by atoms with Crippen LogP contribution in [0.4, 0.5) is 0 Å². The Kier molecular flexibility index (Phi) is 3.57. The van der Waals surface area contributed by atoms with Gasteiger partial charge in [0.25, 0.3) is 0 Å². The van der Waals surface area contributed by atoms with Gasteiger partial charge in [0.05, 0.1) is 0 Å². The van der Waals surface area contributed by atoms with Gasteiger partial charge in [0, 0.05) is 12.1 Å². The van der Waals surface area contributed by atoms with Gasteiger partial charge in [0.15, 0.2) is 0 Å². The van der Waals surface area contributed by atoms with E-state index in [0.717, 1.165) is 0 Å². The summed E-state index contributed by atoms with van der Waals surface area (Å²) in [5, 5.41) is 3.65. The van der Waals surface area contributed by atoms with Crippen LogP contribution >= 0.6 is 0 Å². The quantitative estimate of drug-likeness (QED) is 0.739. The third-order valence-corrected chi connectivity index (χ3v) is 3.02. The van der Waals surface area contributed by atoms with Crippen molar-refractivity contribution in [3.63, 3.8) is 0 Å². The first-order valence-electron chi connectivity index (χ1n) is 5.84. The van der Waals surface area contributed by atoms with E-state index in [1.807, 2.05) is 0 Å². The molecule has 0 aromatic heterocycles. The summed E-state index contributed by atoms with van der Waals surface area (Å²) in [7, 11) is 0. The Labute approximate surface area is 92.2 Å². The lowest BCUT2D eigenvalue weighted by atomic mass is 10.0. The zero-order valence-corrected chi connectivity index (χ0v) is 9.32. The molecule has 80 valence electrons. The minimum atomic E-state index is 0.443. The first kappa shape index (κ1) is 10.4. The summed E-state index contributed by atoms with van der Waals surface area (Å²) in [5.74, 6) is 0. The predicted molar refractivity (Wildman–Crippen MR) is 64.8 cm³/mol. The molecular formula is C14H19N. The predicted octanol–water partition coefficient (Wildman–Crippen LogP) is 3.45. The smallest absolute Gasteiger partial charge is 0.0297 e. The molecule has 1 aliphatic rings. The number of hydrogen-bond donors (Lipinski definition) is 1. The molecule has 0 aliphatic heterocycles. The monoisotopic (exact) mass is 201 g/mol. The van der Waals surface area contributed by atoms with Crippen molar-refractivity contribution in [1.82, 2.24) is 5.32 Å². The maximum Gasteiger partial charge on any atom is 0.0297 e. The molecule has 0 amide bonds. The molecule has 0 bridgehead atoms. The molecule has 0 radical (unpaired) electrons. The summed E-state index contributed by atoms with van der Waals surface area (Å²) in [5.41, 5.74) is 1.37. The number of allylic oxidation sites excluding steroid dienone is 1. The SMILES string of the molecule is C[C@H](NC1C=CCCC1)c1ccccc1. The maximum absolute atomic E-state index is 3.65. The van der Waals surface area contributed by atoms with Crippen LogP contribution in [-0.2, 0) is 0 Å². The molecule has 1 heteroatoms. The van der Waals surface area contributed by atoms with Crippen LogP contribution < -0.4 is 5.32 Å². The minimum Gasteiger partial charge on any atom is -0.304 e. The van der Waals surface area contributed by atoms with Crippen LogP contribution in [0.2, 0.25) is 0 Å². The first-order valence-corrected chi connectivity index (χ1v) is 5.84. The molecule has 0 saturated carbocycles. The summed E-state index contributed by atoms with van der Waals surface area (Å²) < 4.78 is 0. The van der Waals surface area contributed by atoms with Gasteiger partial charge >= 0.3 is 0 Å². The molecule has 0 spiro atoms. The fourth-order valence-electron chi connectivity index (χ4n) is 2.11. The maximum atomic E-state index is 3.65. The topological polar surface area (TPSA) is 12.0 Å². The zero-order valence-electron chi connectivity index (χ0n) is 9.32. The van der Waals surface area contributed by atoms with Crippen LogP contribution in [0.25, 0.3) is 0 Å². The third-order valence-electron chi connectivity index (χ3n) is 3.02. The van der Waals surface area contributed by atoms with Gasteiger partial charge in [-0.1, -0.05) is 42.5 Å². The van der Waals surface area contributed by atoms with Crippen LogP contribution in [0.15, 0.2) is 42.5 Å². The van der Waals surface area contributed by atoms with Gasteiger partial charge in [-0.15, -0.1) is 0 Å². The van der Waals surface area contributed by atoms with Crippen LogP contribution in [-0.4, -0.2) is 6.04 Å². The van der Waals surface area contributed by atoms with Gasteiger partial charge in [0.1, 0.15) is 0 Å². The van der Waals surface area contributed by atoms with Crippen LogP contribution in [0, 0.1) is 0 Å². The van der Waals surface area contributed by atoms with E-state index in [0.29, 0.717) is 12.1 Å². The van der Waals surface area contributed by atoms with E-state index in [1.165, 1.54) is 24.8 Å². The molecule has 0 saturated heterocycles. The van der Waals surface area contributed by atoms with Gasteiger partial charge in [-0.3, -0.25) is 0 Å².